The van der Waals surface area contributed by atoms with Crippen LogP contribution in [0.3, 0.4) is 0 Å². The minimum absolute atomic E-state index is 0. The fourth-order valence-electron chi connectivity index (χ4n) is 3.71. The van der Waals surface area contributed by atoms with E-state index in [0.29, 0.717) is 19.6 Å². The first-order valence-corrected chi connectivity index (χ1v) is 11.1. The number of nitrogens with one attached hydrogen (secondary N) is 3. The molecule has 0 aromatic heterocycles. The Morgan fingerprint density at radius 2 is 1.80 bits per heavy atom. The molecule has 3 rings (SSSR count). The van der Waals surface area contributed by atoms with Crippen LogP contribution in [0.4, 0.5) is 0 Å². The van der Waals surface area contributed by atoms with E-state index in [1.54, 1.807) is 7.05 Å². The van der Waals surface area contributed by atoms with Crippen LogP contribution in [0.25, 0.3) is 0 Å². The standard InChI is InChI=1S/C23H36N4O2.HI/c1-17-8-11-20(21(14-17)29-16-18-9-10-18)15-27-23(24-2)26-13-12-25-22(28)19-6-4-3-5-7-19;/h8,11,14,18-19H,3-7,9-10,12-13,15-16H2,1-2H3,(H,25,28)(H2,24,26,27);1H. The van der Waals surface area contributed by atoms with Crippen molar-refractivity contribution in [2.45, 2.75) is 58.4 Å². The molecule has 0 aliphatic heterocycles. The molecule has 30 heavy (non-hydrogen) atoms. The number of amides is 1. The Bertz CT molecular complexity index is 700. The van der Waals surface area contributed by atoms with Gasteiger partial charge in [-0.25, -0.2) is 0 Å². The third-order valence-corrected chi connectivity index (χ3v) is 5.76. The number of carbonyl (C=O) groups is 1. The second-order valence-corrected chi connectivity index (χ2v) is 8.34. The Labute approximate surface area is 198 Å². The summed E-state index contributed by atoms with van der Waals surface area (Å²) in [6.07, 6.45) is 8.26. The number of carbonyl (C=O) groups excluding carboxylic acids is 1. The fraction of sp³-hybridized carbons (Fsp3) is 0.652. The summed E-state index contributed by atoms with van der Waals surface area (Å²) in [5, 5.41) is 9.67. The van der Waals surface area contributed by atoms with Gasteiger partial charge in [0.2, 0.25) is 5.91 Å². The quantitative estimate of drug-likeness (QED) is 0.198. The van der Waals surface area contributed by atoms with Crippen molar-refractivity contribution in [3.05, 3.63) is 29.3 Å². The smallest absolute Gasteiger partial charge is 0.223 e. The van der Waals surface area contributed by atoms with Gasteiger partial charge in [0.05, 0.1) is 6.61 Å². The molecule has 3 N–H and O–H groups in total. The number of nitrogens with zero attached hydrogens (tertiary/aromatic N) is 1. The molecular weight excluding hydrogens is 491 g/mol. The molecule has 2 aliphatic carbocycles. The van der Waals surface area contributed by atoms with E-state index in [4.69, 9.17) is 4.74 Å². The fourth-order valence-corrected chi connectivity index (χ4v) is 3.71. The lowest BCUT2D eigenvalue weighted by atomic mass is 9.89. The van der Waals surface area contributed by atoms with Crippen LogP contribution in [0.1, 0.15) is 56.1 Å². The van der Waals surface area contributed by atoms with Gasteiger partial charge < -0.3 is 20.7 Å². The summed E-state index contributed by atoms with van der Waals surface area (Å²) in [5.41, 5.74) is 2.33. The van der Waals surface area contributed by atoms with E-state index in [9.17, 15) is 4.79 Å². The monoisotopic (exact) mass is 528 g/mol. The lowest BCUT2D eigenvalue weighted by molar-refractivity contribution is -0.125. The first-order valence-electron chi connectivity index (χ1n) is 11.1. The lowest BCUT2D eigenvalue weighted by Gasteiger charge is -2.21. The highest BCUT2D eigenvalue weighted by molar-refractivity contribution is 14.0. The second-order valence-electron chi connectivity index (χ2n) is 8.34. The average molecular weight is 528 g/mol. The van der Waals surface area contributed by atoms with Crippen molar-refractivity contribution in [2.24, 2.45) is 16.8 Å². The van der Waals surface area contributed by atoms with Gasteiger partial charge in [-0.3, -0.25) is 9.79 Å². The normalized spacial score (nSPS) is 17.1. The highest BCUT2D eigenvalue weighted by Gasteiger charge is 2.22. The van der Waals surface area contributed by atoms with E-state index >= 15 is 0 Å². The Balaban J connectivity index is 0.00000320. The van der Waals surface area contributed by atoms with Crippen molar-refractivity contribution >= 4 is 35.8 Å². The SMILES string of the molecule is CN=C(NCCNC(=O)C1CCCCC1)NCc1ccc(C)cc1OCC1CC1.I. The number of guanidine groups is 1. The summed E-state index contributed by atoms with van der Waals surface area (Å²) < 4.78 is 6.04. The summed E-state index contributed by atoms with van der Waals surface area (Å²) in [4.78, 5) is 16.5. The topological polar surface area (TPSA) is 74.8 Å². The number of ether oxygens (including phenoxy) is 1. The van der Waals surface area contributed by atoms with Crippen LogP contribution in [0.2, 0.25) is 0 Å². The van der Waals surface area contributed by atoms with E-state index in [1.807, 2.05) is 0 Å². The van der Waals surface area contributed by atoms with Crippen LogP contribution in [-0.2, 0) is 11.3 Å². The molecule has 2 fully saturated rings. The van der Waals surface area contributed by atoms with Crippen molar-refractivity contribution in [1.82, 2.24) is 16.0 Å². The summed E-state index contributed by atoms with van der Waals surface area (Å²) >= 11 is 0. The minimum Gasteiger partial charge on any atom is -0.493 e. The van der Waals surface area contributed by atoms with Gasteiger partial charge in [0.1, 0.15) is 5.75 Å². The molecule has 168 valence electrons. The Morgan fingerprint density at radius 1 is 1.07 bits per heavy atom. The van der Waals surface area contributed by atoms with Crippen LogP contribution in [-0.4, -0.2) is 38.6 Å². The van der Waals surface area contributed by atoms with Crippen molar-refractivity contribution < 1.29 is 9.53 Å². The van der Waals surface area contributed by atoms with E-state index in [1.165, 1.54) is 37.7 Å². The Hall–Kier alpha value is -1.51. The summed E-state index contributed by atoms with van der Waals surface area (Å²) in [5.74, 6) is 2.82. The molecule has 0 atom stereocenters. The van der Waals surface area contributed by atoms with Crippen LogP contribution in [0, 0.1) is 18.8 Å². The van der Waals surface area contributed by atoms with Crippen molar-refractivity contribution in [2.75, 3.05) is 26.7 Å². The number of aliphatic imine (C=N–C) groups is 1. The van der Waals surface area contributed by atoms with Crippen LogP contribution >= 0.6 is 24.0 Å². The van der Waals surface area contributed by atoms with Gasteiger partial charge in [0, 0.05) is 38.2 Å². The molecule has 7 heteroatoms. The molecule has 0 saturated heterocycles. The molecule has 6 nitrogen and oxygen atoms in total. The van der Waals surface area contributed by atoms with Crippen LogP contribution < -0.4 is 20.7 Å². The molecule has 0 unspecified atom stereocenters. The zero-order chi connectivity index (χ0) is 20.5. The van der Waals surface area contributed by atoms with E-state index in [0.717, 1.165) is 42.6 Å². The van der Waals surface area contributed by atoms with Gasteiger partial charge in [-0.2, -0.15) is 0 Å². The third-order valence-electron chi connectivity index (χ3n) is 5.76. The zero-order valence-electron chi connectivity index (χ0n) is 18.3. The van der Waals surface area contributed by atoms with Crippen molar-refractivity contribution in [3.63, 3.8) is 0 Å². The zero-order valence-corrected chi connectivity index (χ0v) is 20.7. The van der Waals surface area contributed by atoms with Gasteiger partial charge in [-0.15, -0.1) is 24.0 Å². The average Bonchev–Trinajstić information content (AvgIpc) is 3.57. The predicted molar refractivity (Wildman–Crippen MR) is 133 cm³/mol. The molecule has 2 saturated carbocycles. The molecule has 1 amide bonds. The molecule has 0 spiro atoms. The molecule has 2 aliphatic rings. The molecule has 0 radical (unpaired) electrons. The van der Waals surface area contributed by atoms with Crippen molar-refractivity contribution in [1.29, 1.82) is 0 Å². The van der Waals surface area contributed by atoms with Gasteiger partial charge in [0.15, 0.2) is 5.96 Å². The molecule has 1 aromatic rings. The first kappa shape index (κ1) is 24.8. The van der Waals surface area contributed by atoms with Crippen LogP contribution in [0.5, 0.6) is 5.75 Å². The highest BCUT2D eigenvalue weighted by atomic mass is 127. The predicted octanol–water partition coefficient (Wildman–Crippen LogP) is 3.76. The Kier molecular flexibility index (Phi) is 10.7. The van der Waals surface area contributed by atoms with Crippen LogP contribution in [0.15, 0.2) is 23.2 Å². The highest BCUT2D eigenvalue weighted by Crippen LogP contribution is 2.30. The number of aryl methyl sites for hydroxylation is 1. The number of rotatable bonds is 9. The first-order chi connectivity index (χ1) is 14.2. The van der Waals surface area contributed by atoms with Gasteiger partial charge in [-0.1, -0.05) is 31.4 Å². The number of hydrogen-bond acceptors (Lipinski definition) is 3. The number of halogens is 1. The third kappa shape index (κ3) is 8.32. The Morgan fingerprint density at radius 3 is 2.50 bits per heavy atom. The molecular formula is C23H37IN4O2. The van der Waals surface area contributed by atoms with Gasteiger partial charge >= 0.3 is 0 Å². The molecule has 0 bridgehead atoms. The minimum atomic E-state index is 0. The second kappa shape index (κ2) is 13.0. The lowest BCUT2D eigenvalue weighted by Crippen LogP contribution is -2.42. The van der Waals surface area contributed by atoms with E-state index in [2.05, 4.69) is 46.1 Å². The number of hydrogen-bond donors (Lipinski definition) is 3. The van der Waals surface area contributed by atoms with Crippen molar-refractivity contribution in [3.8, 4) is 5.75 Å². The molecule has 1 aromatic carbocycles. The van der Waals surface area contributed by atoms with E-state index < -0.39 is 0 Å². The van der Waals surface area contributed by atoms with Gasteiger partial charge in [-0.05, 0) is 50.2 Å². The maximum absolute atomic E-state index is 12.2. The summed E-state index contributed by atoms with van der Waals surface area (Å²) in [6, 6.07) is 6.33. The summed E-state index contributed by atoms with van der Waals surface area (Å²) in [6.45, 7) is 4.80. The summed E-state index contributed by atoms with van der Waals surface area (Å²) in [7, 11) is 1.76. The largest absolute Gasteiger partial charge is 0.493 e. The number of benzene rings is 1. The van der Waals surface area contributed by atoms with Gasteiger partial charge in [0.25, 0.3) is 0 Å². The maximum Gasteiger partial charge on any atom is 0.223 e. The maximum atomic E-state index is 12.2. The molecule has 0 heterocycles. The van der Waals surface area contributed by atoms with E-state index in [-0.39, 0.29) is 35.8 Å².